The van der Waals surface area contributed by atoms with Gasteiger partial charge in [-0.15, -0.1) is 0 Å². The summed E-state index contributed by atoms with van der Waals surface area (Å²) >= 11 is 0. The highest BCUT2D eigenvalue weighted by Crippen LogP contribution is 2.25. The van der Waals surface area contributed by atoms with Crippen molar-refractivity contribution in [3.8, 4) is 0 Å². The first-order chi connectivity index (χ1) is 13.6. The molecule has 2 aliphatic rings. The SMILES string of the molecule is Cc1cc(C)c(S(=O)(=O)N2CC[NH+](CC(=O)N3C[C@@H](C)O[C@H](C)C3)CC2)c(C)c1. The quantitative estimate of drug-likeness (QED) is 0.746. The van der Waals surface area contributed by atoms with Gasteiger partial charge in [0.25, 0.3) is 5.91 Å². The number of hydrogen-bond acceptors (Lipinski definition) is 4. The summed E-state index contributed by atoms with van der Waals surface area (Å²) in [6, 6.07) is 3.84. The lowest BCUT2D eigenvalue weighted by atomic mass is 10.1. The number of carbonyl (C=O) groups is 1. The van der Waals surface area contributed by atoms with Crippen LogP contribution in [0.5, 0.6) is 0 Å². The summed E-state index contributed by atoms with van der Waals surface area (Å²) in [6.45, 7) is 13.5. The van der Waals surface area contributed by atoms with Crippen molar-refractivity contribution in [2.75, 3.05) is 45.8 Å². The zero-order chi connectivity index (χ0) is 21.3. The third kappa shape index (κ3) is 4.99. The van der Waals surface area contributed by atoms with Crippen LogP contribution in [0.3, 0.4) is 0 Å². The smallest absolute Gasteiger partial charge is 0.277 e. The van der Waals surface area contributed by atoms with Crippen LogP contribution in [0, 0.1) is 20.8 Å². The molecule has 2 atom stereocenters. The van der Waals surface area contributed by atoms with Gasteiger partial charge in [-0.1, -0.05) is 17.7 Å². The number of hydrogen-bond donors (Lipinski definition) is 1. The molecule has 0 spiro atoms. The number of carbonyl (C=O) groups excluding carboxylic acids is 1. The molecule has 0 bridgehead atoms. The molecule has 0 radical (unpaired) electrons. The number of benzene rings is 1. The molecule has 8 heteroatoms. The third-order valence-corrected chi connectivity index (χ3v) is 8.01. The van der Waals surface area contributed by atoms with Gasteiger partial charge in [0.2, 0.25) is 10.0 Å². The van der Waals surface area contributed by atoms with E-state index in [0.29, 0.717) is 50.7 Å². The Morgan fingerprint density at radius 2 is 1.59 bits per heavy atom. The lowest BCUT2D eigenvalue weighted by molar-refractivity contribution is -0.896. The Bertz CT molecular complexity index is 830. The van der Waals surface area contributed by atoms with Crippen LogP contribution in [0.2, 0.25) is 0 Å². The first kappa shape index (κ1) is 22.2. The number of amides is 1. The Morgan fingerprint density at radius 3 is 2.10 bits per heavy atom. The van der Waals surface area contributed by atoms with Crippen LogP contribution < -0.4 is 4.90 Å². The van der Waals surface area contributed by atoms with Crippen molar-refractivity contribution in [2.24, 2.45) is 0 Å². The van der Waals surface area contributed by atoms with E-state index in [1.54, 1.807) is 4.31 Å². The molecule has 7 nitrogen and oxygen atoms in total. The fourth-order valence-electron chi connectivity index (χ4n) is 4.63. The third-order valence-electron chi connectivity index (χ3n) is 5.81. The van der Waals surface area contributed by atoms with Gasteiger partial charge in [0, 0.05) is 13.1 Å². The standard InChI is InChI=1S/C21H33N3O4S/c1-15-10-16(2)21(17(3)11-15)29(26,27)24-8-6-22(7-9-24)14-20(25)23-12-18(4)28-19(5)13-23/h10-11,18-19H,6-9,12-14H2,1-5H3/p+1/t18-,19-/m1/s1. The van der Waals surface area contributed by atoms with Crippen molar-refractivity contribution in [3.05, 3.63) is 28.8 Å². The van der Waals surface area contributed by atoms with Crippen molar-refractivity contribution in [3.63, 3.8) is 0 Å². The van der Waals surface area contributed by atoms with Gasteiger partial charge in [0.1, 0.15) is 0 Å². The number of morpholine rings is 1. The second kappa shape index (κ2) is 8.71. The van der Waals surface area contributed by atoms with Crippen molar-refractivity contribution in [1.29, 1.82) is 0 Å². The van der Waals surface area contributed by atoms with Crippen LogP contribution in [0.1, 0.15) is 30.5 Å². The maximum Gasteiger partial charge on any atom is 0.277 e. The maximum absolute atomic E-state index is 13.2. The van der Waals surface area contributed by atoms with E-state index in [1.165, 1.54) is 0 Å². The zero-order valence-corrected chi connectivity index (χ0v) is 19.0. The van der Waals surface area contributed by atoms with E-state index in [0.717, 1.165) is 21.6 Å². The average molecular weight is 425 g/mol. The topological polar surface area (TPSA) is 71.4 Å². The van der Waals surface area contributed by atoms with E-state index >= 15 is 0 Å². The molecule has 2 aliphatic heterocycles. The van der Waals surface area contributed by atoms with Crippen molar-refractivity contribution < 1.29 is 22.8 Å². The second-order valence-corrected chi connectivity index (χ2v) is 10.5. The average Bonchev–Trinajstić information content (AvgIpc) is 2.60. The number of aryl methyl sites for hydroxylation is 3. The van der Waals surface area contributed by atoms with Crippen LogP contribution in [0.25, 0.3) is 0 Å². The zero-order valence-electron chi connectivity index (χ0n) is 18.2. The number of ether oxygens (including phenoxy) is 1. The fraction of sp³-hybridized carbons (Fsp3) is 0.667. The molecule has 2 saturated heterocycles. The van der Waals surface area contributed by atoms with E-state index in [2.05, 4.69) is 0 Å². The molecule has 1 amide bonds. The minimum Gasteiger partial charge on any atom is -0.372 e. The van der Waals surface area contributed by atoms with Crippen LogP contribution in [0.15, 0.2) is 17.0 Å². The van der Waals surface area contributed by atoms with Gasteiger partial charge in [-0.25, -0.2) is 8.42 Å². The molecule has 1 aromatic rings. The Hall–Kier alpha value is -1.48. The van der Waals surface area contributed by atoms with Gasteiger partial charge < -0.3 is 14.5 Å². The normalized spacial score (nSPS) is 24.7. The number of rotatable bonds is 4. The first-order valence-corrected chi connectivity index (χ1v) is 11.9. The van der Waals surface area contributed by atoms with Gasteiger partial charge >= 0.3 is 0 Å². The molecule has 162 valence electrons. The van der Waals surface area contributed by atoms with E-state index in [1.807, 2.05) is 51.7 Å². The summed E-state index contributed by atoms with van der Waals surface area (Å²) in [5.74, 6) is 0.128. The Morgan fingerprint density at radius 1 is 1.07 bits per heavy atom. The molecule has 0 aromatic heterocycles. The van der Waals surface area contributed by atoms with E-state index < -0.39 is 10.0 Å². The van der Waals surface area contributed by atoms with Crippen LogP contribution in [-0.4, -0.2) is 81.6 Å². The lowest BCUT2D eigenvalue weighted by Gasteiger charge is -2.37. The molecule has 0 aliphatic carbocycles. The molecule has 3 rings (SSSR count). The summed E-state index contributed by atoms with van der Waals surface area (Å²) < 4.78 is 33.7. The van der Waals surface area contributed by atoms with Gasteiger partial charge in [-0.05, 0) is 45.7 Å². The number of nitrogens with zero attached hydrogens (tertiary/aromatic N) is 2. The van der Waals surface area contributed by atoms with Crippen LogP contribution in [-0.2, 0) is 19.6 Å². The molecular formula is C21H34N3O4S+. The molecule has 0 unspecified atom stereocenters. The minimum absolute atomic E-state index is 0.0562. The van der Waals surface area contributed by atoms with Gasteiger partial charge in [-0.3, -0.25) is 4.79 Å². The summed E-state index contributed by atoms with van der Waals surface area (Å²) in [7, 11) is -3.52. The first-order valence-electron chi connectivity index (χ1n) is 10.4. The molecule has 1 aromatic carbocycles. The predicted molar refractivity (Wildman–Crippen MR) is 112 cm³/mol. The van der Waals surface area contributed by atoms with Gasteiger partial charge in [0.15, 0.2) is 6.54 Å². The number of nitrogens with one attached hydrogen (secondary N) is 1. The van der Waals surface area contributed by atoms with E-state index in [4.69, 9.17) is 4.74 Å². The predicted octanol–water partition coefficient (Wildman–Crippen LogP) is 0.137. The number of sulfonamides is 1. The monoisotopic (exact) mass is 424 g/mol. The molecular weight excluding hydrogens is 390 g/mol. The minimum atomic E-state index is -3.52. The molecule has 29 heavy (non-hydrogen) atoms. The maximum atomic E-state index is 13.2. The largest absolute Gasteiger partial charge is 0.372 e. The number of quaternary nitrogens is 1. The highest BCUT2D eigenvalue weighted by atomic mass is 32.2. The lowest BCUT2D eigenvalue weighted by Crippen LogP contribution is -3.15. The molecule has 0 saturated carbocycles. The van der Waals surface area contributed by atoms with Crippen LogP contribution >= 0.6 is 0 Å². The summed E-state index contributed by atoms with van der Waals surface area (Å²) in [5.41, 5.74) is 2.66. The fourth-order valence-corrected chi connectivity index (χ4v) is 6.48. The number of piperazine rings is 1. The summed E-state index contributed by atoms with van der Waals surface area (Å²) in [6.07, 6.45) is 0.112. The Balaban J connectivity index is 1.61. The van der Waals surface area contributed by atoms with Crippen LogP contribution in [0.4, 0.5) is 0 Å². The van der Waals surface area contributed by atoms with Gasteiger partial charge in [-0.2, -0.15) is 4.31 Å². The molecule has 2 heterocycles. The van der Waals surface area contributed by atoms with Crippen molar-refractivity contribution in [2.45, 2.75) is 51.7 Å². The molecule has 1 N–H and O–H groups in total. The highest BCUT2D eigenvalue weighted by Gasteiger charge is 2.34. The molecule has 2 fully saturated rings. The highest BCUT2D eigenvalue weighted by molar-refractivity contribution is 7.89. The van der Waals surface area contributed by atoms with Crippen molar-refractivity contribution >= 4 is 15.9 Å². The Kier molecular flexibility index (Phi) is 6.67. The van der Waals surface area contributed by atoms with Crippen molar-refractivity contribution in [1.82, 2.24) is 9.21 Å². The Labute approximate surface area is 174 Å². The summed E-state index contributed by atoms with van der Waals surface area (Å²) in [4.78, 5) is 16.2. The second-order valence-electron chi connectivity index (χ2n) is 8.61. The summed E-state index contributed by atoms with van der Waals surface area (Å²) in [5, 5.41) is 0. The van der Waals surface area contributed by atoms with E-state index in [9.17, 15) is 13.2 Å². The van der Waals surface area contributed by atoms with Gasteiger partial charge in [0.05, 0.1) is 43.3 Å². The van der Waals surface area contributed by atoms with E-state index in [-0.39, 0.29) is 18.1 Å².